The van der Waals surface area contributed by atoms with Crippen molar-refractivity contribution in [1.29, 1.82) is 0 Å². The van der Waals surface area contributed by atoms with Gasteiger partial charge < -0.3 is 10.6 Å². The van der Waals surface area contributed by atoms with E-state index in [2.05, 4.69) is 5.32 Å². The van der Waals surface area contributed by atoms with E-state index in [4.69, 9.17) is 9.85 Å². The summed E-state index contributed by atoms with van der Waals surface area (Å²) >= 11 is 0. The number of anilines is 1. The Kier molecular flexibility index (Phi) is 1.87. The number of hydrogen-bond donors (Lipinski definition) is 2. The summed E-state index contributed by atoms with van der Waals surface area (Å²) in [4.78, 5) is 36.5. The molecule has 1 aromatic carbocycles. The van der Waals surface area contributed by atoms with Crippen LogP contribution in [-0.4, -0.2) is 28.7 Å². The van der Waals surface area contributed by atoms with Crippen LogP contribution in [0, 0.1) is 0 Å². The van der Waals surface area contributed by atoms with Crippen molar-refractivity contribution in [2.75, 3.05) is 5.73 Å². The zero-order chi connectivity index (χ0) is 16.2. The number of piperidine rings is 1. The molecule has 3 amide bonds. The van der Waals surface area contributed by atoms with Gasteiger partial charge in [0.25, 0.3) is 5.91 Å². The molecule has 98 valence electrons. The summed E-state index contributed by atoms with van der Waals surface area (Å²) in [6, 6.07) is 1.48. The van der Waals surface area contributed by atoms with Gasteiger partial charge >= 0.3 is 0 Å². The van der Waals surface area contributed by atoms with Crippen molar-refractivity contribution in [2.24, 2.45) is 0 Å². The first-order valence-electron chi connectivity index (χ1n) is 7.32. The molecule has 19 heavy (non-hydrogen) atoms. The van der Waals surface area contributed by atoms with E-state index in [-0.39, 0.29) is 35.7 Å². The Labute approximate surface area is 113 Å². The van der Waals surface area contributed by atoms with Crippen LogP contribution in [0.25, 0.3) is 0 Å². The monoisotopic (exact) mass is 262 g/mol. The number of nitrogen functional groups attached to an aromatic ring is 1. The van der Waals surface area contributed by atoms with Gasteiger partial charge in [0.1, 0.15) is 6.04 Å². The summed E-state index contributed by atoms with van der Waals surface area (Å²) in [5.74, 6) is -1.81. The lowest BCUT2D eigenvalue weighted by atomic mass is 10.0. The topological polar surface area (TPSA) is 92.5 Å². The Morgan fingerprint density at radius 3 is 3.00 bits per heavy atom. The Bertz CT molecular complexity index is 720. The van der Waals surface area contributed by atoms with Gasteiger partial charge in [-0.1, -0.05) is 6.07 Å². The summed E-state index contributed by atoms with van der Waals surface area (Å²) in [7, 11) is 0. The van der Waals surface area contributed by atoms with Gasteiger partial charge in [-0.3, -0.25) is 19.7 Å². The van der Waals surface area contributed by atoms with Gasteiger partial charge in [0, 0.05) is 29.7 Å². The molecule has 0 aromatic heterocycles. The van der Waals surface area contributed by atoms with Gasteiger partial charge in [0.2, 0.25) is 11.8 Å². The second-order valence-corrected chi connectivity index (χ2v) is 4.43. The van der Waals surface area contributed by atoms with Crippen LogP contribution < -0.4 is 11.1 Å². The fraction of sp³-hybridized carbons (Fsp3) is 0.308. The van der Waals surface area contributed by atoms with Gasteiger partial charge in [-0.25, -0.2) is 0 Å². The molecular weight excluding hydrogens is 246 g/mol. The van der Waals surface area contributed by atoms with Crippen LogP contribution >= 0.6 is 0 Å². The van der Waals surface area contributed by atoms with Crippen LogP contribution in [0.4, 0.5) is 5.69 Å². The smallest absolute Gasteiger partial charge is 0.255 e. The molecule has 2 heterocycles. The first-order chi connectivity index (χ1) is 10.2. The molecule has 0 radical (unpaired) electrons. The number of imide groups is 1. The molecule has 1 unspecified atom stereocenters. The van der Waals surface area contributed by atoms with E-state index in [1.54, 1.807) is 0 Å². The van der Waals surface area contributed by atoms with E-state index in [0.29, 0.717) is 0 Å². The number of amides is 3. The number of rotatable bonds is 1. The fourth-order valence-electron chi connectivity index (χ4n) is 2.26. The molecule has 1 aromatic rings. The minimum absolute atomic E-state index is 0.0335. The van der Waals surface area contributed by atoms with Crippen molar-refractivity contribution in [3.05, 3.63) is 29.3 Å². The molecule has 6 heteroatoms. The molecule has 1 fully saturated rings. The van der Waals surface area contributed by atoms with Crippen LogP contribution in [-0.2, 0) is 16.1 Å². The lowest BCUT2D eigenvalue weighted by Crippen LogP contribution is -2.52. The van der Waals surface area contributed by atoms with Gasteiger partial charge in [-0.05, 0) is 18.5 Å². The average molecular weight is 262 g/mol. The third-order valence-electron chi connectivity index (χ3n) is 3.23. The van der Waals surface area contributed by atoms with E-state index in [9.17, 15) is 14.4 Å². The van der Waals surface area contributed by atoms with Gasteiger partial charge in [-0.15, -0.1) is 0 Å². The summed E-state index contributed by atoms with van der Waals surface area (Å²) < 4.78 is 24.1. The summed E-state index contributed by atoms with van der Waals surface area (Å²) in [5.41, 5.74) is 5.60. The number of hydrogen-bond acceptors (Lipinski definition) is 4. The molecule has 1 saturated heterocycles. The minimum atomic E-state index is -2.31. The van der Waals surface area contributed by atoms with E-state index in [0.717, 1.165) is 4.90 Å². The largest absolute Gasteiger partial charge is 0.398 e. The number of nitrogens with two attached hydrogens (primary N) is 1. The van der Waals surface area contributed by atoms with E-state index >= 15 is 0 Å². The first kappa shape index (κ1) is 8.68. The van der Waals surface area contributed by atoms with Gasteiger partial charge in [-0.2, -0.15) is 0 Å². The van der Waals surface area contributed by atoms with Crippen molar-refractivity contribution < 1.29 is 18.5 Å². The van der Waals surface area contributed by atoms with Crippen LogP contribution in [0.15, 0.2) is 18.2 Å². The van der Waals surface area contributed by atoms with Crippen molar-refractivity contribution in [3.8, 4) is 0 Å². The number of carbonyl (C=O) groups excluding carboxylic acids is 3. The lowest BCUT2D eigenvalue weighted by molar-refractivity contribution is -0.136. The summed E-state index contributed by atoms with van der Waals surface area (Å²) in [5, 5.41) is 2.11. The highest BCUT2D eigenvalue weighted by Gasteiger charge is 2.39. The van der Waals surface area contributed by atoms with E-state index in [1.807, 2.05) is 0 Å². The molecule has 3 N–H and O–H groups in total. The maximum Gasteiger partial charge on any atom is 0.255 e. The number of nitrogens with one attached hydrogen (secondary N) is 1. The SMILES string of the molecule is [2H]c1ccc2c(c1N)C([2H])([2H])N(C1CCC(=O)NC1=O)C2=O. The lowest BCUT2D eigenvalue weighted by Gasteiger charge is -2.29. The number of nitrogens with zero attached hydrogens (tertiary/aromatic N) is 1. The first-order valence-corrected chi connectivity index (χ1v) is 5.82. The molecule has 6 nitrogen and oxygen atoms in total. The molecule has 0 bridgehead atoms. The Balaban J connectivity index is 2.09. The van der Waals surface area contributed by atoms with E-state index in [1.165, 1.54) is 12.1 Å². The predicted octanol–water partition coefficient (Wildman–Crippen LogP) is 0.0298. The van der Waals surface area contributed by atoms with Crippen LogP contribution in [0.1, 0.15) is 32.9 Å². The van der Waals surface area contributed by atoms with Crippen molar-refractivity contribution >= 4 is 23.4 Å². The maximum atomic E-state index is 12.5. The highest BCUT2D eigenvalue weighted by atomic mass is 16.2. The second-order valence-electron chi connectivity index (χ2n) is 4.43. The van der Waals surface area contributed by atoms with Crippen molar-refractivity contribution in [2.45, 2.75) is 25.4 Å². The number of carbonyl (C=O) groups is 3. The normalized spacial score (nSPS) is 27.4. The van der Waals surface area contributed by atoms with Crippen LogP contribution in [0.2, 0.25) is 0 Å². The van der Waals surface area contributed by atoms with Crippen LogP contribution in [0.3, 0.4) is 0 Å². The Hall–Kier alpha value is -2.37. The van der Waals surface area contributed by atoms with E-state index < -0.39 is 30.3 Å². The molecular formula is C13H13N3O3. The standard InChI is InChI=1S/C13H13N3O3/c14-9-3-1-2-7-8(9)6-16(13(7)19)10-4-5-11(17)15-12(10)18/h1-3,10H,4-6,14H2,(H,15,17,18)/i3D,6D2. The Morgan fingerprint density at radius 1 is 1.47 bits per heavy atom. The molecule has 0 saturated carbocycles. The maximum absolute atomic E-state index is 12.5. The quantitative estimate of drug-likeness (QED) is 0.551. The fourth-order valence-corrected chi connectivity index (χ4v) is 2.26. The summed E-state index contributed by atoms with van der Waals surface area (Å²) in [6.07, 6.45) is 0.0866. The average Bonchev–Trinajstić information content (AvgIpc) is 2.63. The zero-order valence-corrected chi connectivity index (χ0v) is 9.90. The predicted molar refractivity (Wildman–Crippen MR) is 66.9 cm³/mol. The second kappa shape index (κ2) is 4.08. The highest BCUT2D eigenvalue weighted by molar-refractivity contribution is 6.06. The molecule has 2 aliphatic heterocycles. The summed E-state index contributed by atoms with van der Waals surface area (Å²) in [6.45, 7) is -2.31. The van der Waals surface area contributed by atoms with Crippen LogP contribution in [0.5, 0.6) is 0 Å². The molecule has 0 aliphatic carbocycles. The Morgan fingerprint density at radius 2 is 2.26 bits per heavy atom. The zero-order valence-electron chi connectivity index (χ0n) is 12.9. The third-order valence-corrected chi connectivity index (χ3v) is 3.23. The molecule has 1 atom stereocenters. The third kappa shape index (κ3) is 1.76. The minimum Gasteiger partial charge on any atom is -0.398 e. The molecule has 2 aliphatic rings. The number of benzene rings is 1. The van der Waals surface area contributed by atoms with Crippen molar-refractivity contribution in [3.63, 3.8) is 0 Å². The molecule has 0 spiro atoms. The van der Waals surface area contributed by atoms with Gasteiger partial charge in [0.15, 0.2) is 0 Å². The van der Waals surface area contributed by atoms with Crippen molar-refractivity contribution in [1.82, 2.24) is 10.2 Å². The number of fused-ring (bicyclic) bond motifs is 1. The highest BCUT2D eigenvalue weighted by Crippen LogP contribution is 2.30. The molecule has 3 rings (SSSR count). The van der Waals surface area contributed by atoms with Gasteiger partial charge in [0.05, 0.1) is 4.11 Å².